The van der Waals surface area contributed by atoms with Crippen LogP contribution in [0.2, 0.25) is 0 Å². The van der Waals surface area contributed by atoms with Crippen molar-refractivity contribution >= 4 is 21.6 Å². The SMILES string of the molecule is Cc1ccc(NS(=O)(=O)c2ccc(C(=O)NC[C@@H](c3ccco3)N3CCCCC3)cc2)cc1. The first-order valence-electron chi connectivity index (χ1n) is 11.2. The van der Waals surface area contributed by atoms with E-state index in [4.69, 9.17) is 4.42 Å². The number of carbonyl (C=O) groups excluding carboxylic acids is 1. The van der Waals surface area contributed by atoms with Gasteiger partial charge in [-0.15, -0.1) is 0 Å². The molecule has 33 heavy (non-hydrogen) atoms. The maximum absolute atomic E-state index is 12.8. The maximum Gasteiger partial charge on any atom is 0.261 e. The molecule has 2 heterocycles. The third kappa shape index (κ3) is 5.83. The van der Waals surface area contributed by atoms with Gasteiger partial charge in [-0.1, -0.05) is 24.1 Å². The molecule has 0 bridgehead atoms. The summed E-state index contributed by atoms with van der Waals surface area (Å²) in [5.74, 6) is 0.583. The molecule has 1 fully saturated rings. The highest BCUT2D eigenvalue weighted by molar-refractivity contribution is 7.92. The molecule has 1 aliphatic rings. The molecule has 1 atom stereocenters. The van der Waals surface area contributed by atoms with Crippen LogP contribution in [0.1, 0.15) is 47.0 Å². The molecule has 174 valence electrons. The molecule has 3 aromatic rings. The van der Waals surface area contributed by atoms with Crippen molar-refractivity contribution in [2.45, 2.75) is 37.1 Å². The number of nitrogens with one attached hydrogen (secondary N) is 2. The number of amides is 1. The molecule has 0 unspecified atom stereocenters. The van der Waals surface area contributed by atoms with Gasteiger partial charge in [-0.25, -0.2) is 8.42 Å². The summed E-state index contributed by atoms with van der Waals surface area (Å²) >= 11 is 0. The van der Waals surface area contributed by atoms with Gasteiger partial charge in [0.25, 0.3) is 15.9 Å². The van der Waals surface area contributed by atoms with Crippen molar-refractivity contribution in [1.82, 2.24) is 10.2 Å². The summed E-state index contributed by atoms with van der Waals surface area (Å²) in [7, 11) is -3.74. The van der Waals surface area contributed by atoms with Crippen LogP contribution >= 0.6 is 0 Å². The number of hydrogen-bond donors (Lipinski definition) is 2. The van der Waals surface area contributed by atoms with Gasteiger partial charge < -0.3 is 9.73 Å². The fraction of sp³-hybridized carbons (Fsp3) is 0.320. The molecule has 0 spiro atoms. The summed E-state index contributed by atoms with van der Waals surface area (Å²) in [6.07, 6.45) is 5.15. The van der Waals surface area contributed by atoms with Crippen molar-refractivity contribution in [2.24, 2.45) is 0 Å². The molecule has 1 aliphatic heterocycles. The Bertz CT molecular complexity index is 1150. The summed E-state index contributed by atoms with van der Waals surface area (Å²) in [4.78, 5) is 15.2. The van der Waals surface area contributed by atoms with Crippen molar-refractivity contribution in [1.29, 1.82) is 0 Å². The highest BCUT2D eigenvalue weighted by Gasteiger charge is 2.25. The quantitative estimate of drug-likeness (QED) is 0.514. The minimum atomic E-state index is -3.74. The predicted octanol–water partition coefficient (Wildman–Crippen LogP) is 4.35. The van der Waals surface area contributed by atoms with E-state index in [1.807, 2.05) is 31.2 Å². The number of sulfonamides is 1. The van der Waals surface area contributed by atoms with Crippen molar-refractivity contribution in [3.05, 3.63) is 83.8 Å². The van der Waals surface area contributed by atoms with Crippen LogP contribution in [0.15, 0.2) is 76.2 Å². The molecule has 0 radical (unpaired) electrons. The van der Waals surface area contributed by atoms with E-state index >= 15 is 0 Å². The average Bonchev–Trinajstić information content (AvgIpc) is 3.36. The summed E-state index contributed by atoms with van der Waals surface area (Å²) < 4.78 is 33.5. The zero-order chi connectivity index (χ0) is 23.3. The molecule has 0 saturated carbocycles. The van der Waals surface area contributed by atoms with Crippen molar-refractivity contribution in [2.75, 3.05) is 24.4 Å². The number of hydrogen-bond acceptors (Lipinski definition) is 5. The Balaban J connectivity index is 1.40. The highest BCUT2D eigenvalue weighted by atomic mass is 32.2. The van der Waals surface area contributed by atoms with Gasteiger partial charge in [-0.2, -0.15) is 0 Å². The lowest BCUT2D eigenvalue weighted by atomic mass is 10.1. The molecule has 2 aromatic carbocycles. The fourth-order valence-electron chi connectivity index (χ4n) is 4.03. The Morgan fingerprint density at radius 1 is 1.00 bits per heavy atom. The molecule has 4 rings (SSSR count). The minimum absolute atomic E-state index is 0.0254. The number of benzene rings is 2. The molecule has 8 heteroatoms. The number of nitrogens with zero attached hydrogens (tertiary/aromatic N) is 1. The second kappa shape index (κ2) is 10.2. The van der Waals surface area contributed by atoms with Crippen LogP contribution in [-0.4, -0.2) is 38.9 Å². The zero-order valence-corrected chi connectivity index (χ0v) is 19.5. The average molecular weight is 468 g/mol. The van der Waals surface area contributed by atoms with E-state index in [9.17, 15) is 13.2 Å². The monoisotopic (exact) mass is 467 g/mol. The smallest absolute Gasteiger partial charge is 0.261 e. The summed E-state index contributed by atoms with van der Waals surface area (Å²) in [5.41, 5.74) is 1.94. The van der Waals surface area contributed by atoms with Crippen molar-refractivity contribution in [3.63, 3.8) is 0 Å². The number of likely N-dealkylation sites (tertiary alicyclic amines) is 1. The third-order valence-corrected chi connectivity index (χ3v) is 7.29. The molecule has 1 saturated heterocycles. The second-order valence-corrected chi connectivity index (χ2v) is 10.0. The number of piperidine rings is 1. The predicted molar refractivity (Wildman–Crippen MR) is 128 cm³/mol. The van der Waals surface area contributed by atoms with Gasteiger partial charge in [0.05, 0.1) is 17.2 Å². The topological polar surface area (TPSA) is 91.6 Å². The highest BCUT2D eigenvalue weighted by Crippen LogP contribution is 2.25. The van der Waals surface area contributed by atoms with E-state index in [0.717, 1.165) is 37.3 Å². The Morgan fingerprint density at radius 3 is 2.33 bits per heavy atom. The van der Waals surface area contributed by atoms with Crippen LogP contribution < -0.4 is 10.0 Å². The maximum atomic E-state index is 12.8. The first kappa shape index (κ1) is 23.1. The lowest BCUT2D eigenvalue weighted by Crippen LogP contribution is -2.40. The van der Waals surface area contributed by atoms with E-state index in [2.05, 4.69) is 14.9 Å². The Hall–Kier alpha value is -3.10. The molecule has 0 aliphatic carbocycles. The van der Waals surface area contributed by atoms with Crippen LogP contribution in [0.25, 0.3) is 0 Å². The van der Waals surface area contributed by atoms with Crippen molar-refractivity contribution < 1.29 is 17.6 Å². The molecule has 7 nitrogen and oxygen atoms in total. The number of aryl methyl sites for hydroxylation is 1. The lowest BCUT2D eigenvalue weighted by Gasteiger charge is -2.33. The first-order chi connectivity index (χ1) is 15.9. The van der Waals surface area contributed by atoms with Gasteiger partial charge in [0.15, 0.2) is 0 Å². The summed E-state index contributed by atoms with van der Waals surface area (Å²) in [5, 5.41) is 2.98. The number of carbonyl (C=O) groups is 1. The minimum Gasteiger partial charge on any atom is -0.468 e. The van der Waals surface area contributed by atoms with E-state index in [0.29, 0.717) is 17.8 Å². The van der Waals surface area contributed by atoms with Crippen LogP contribution in [0.5, 0.6) is 0 Å². The molecule has 2 N–H and O–H groups in total. The zero-order valence-electron chi connectivity index (χ0n) is 18.7. The largest absolute Gasteiger partial charge is 0.468 e. The third-order valence-electron chi connectivity index (χ3n) is 5.89. The lowest BCUT2D eigenvalue weighted by molar-refractivity contribution is 0.0914. The molecule has 1 aromatic heterocycles. The van der Waals surface area contributed by atoms with E-state index in [-0.39, 0.29) is 16.8 Å². The van der Waals surface area contributed by atoms with E-state index in [1.165, 1.54) is 30.7 Å². The second-order valence-electron chi connectivity index (χ2n) is 8.33. The molecule has 1 amide bonds. The Labute approximate surface area is 194 Å². The van der Waals surface area contributed by atoms with Gasteiger partial charge in [-0.05, 0) is 81.4 Å². The Morgan fingerprint density at radius 2 is 1.70 bits per heavy atom. The fourth-order valence-corrected chi connectivity index (χ4v) is 5.09. The van der Waals surface area contributed by atoms with Crippen LogP contribution in [0, 0.1) is 6.92 Å². The van der Waals surface area contributed by atoms with Crippen LogP contribution in [0.4, 0.5) is 5.69 Å². The van der Waals surface area contributed by atoms with Crippen LogP contribution in [0.3, 0.4) is 0 Å². The van der Waals surface area contributed by atoms with Crippen LogP contribution in [-0.2, 0) is 10.0 Å². The summed E-state index contributed by atoms with van der Waals surface area (Å²) in [6.45, 7) is 4.30. The van der Waals surface area contributed by atoms with Gasteiger partial charge in [0.1, 0.15) is 5.76 Å². The Kier molecular flexibility index (Phi) is 7.15. The van der Waals surface area contributed by atoms with Gasteiger partial charge in [-0.3, -0.25) is 14.4 Å². The molecular formula is C25H29N3O4S. The van der Waals surface area contributed by atoms with Crippen molar-refractivity contribution in [3.8, 4) is 0 Å². The summed E-state index contributed by atoms with van der Waals surface area (Å²) in [6, 6.07) is 16.8. The van der Waals surface area contributed by atoms with Gasteiger partial charge in [0, 0.05) is 17.8 Å². The standard InChI is InChI=1S/C25H29N3O4S/c1-19-7-11-21(12-8-19)27-33(30,31)22-13-9-20(10-14-22)25(29)26-18-23(24-6-5-17-32-24)28-15-3-2-4-16-28/h5-14,17,23,27H,2-4,15-16,18H2,1H3,(H,26,29)/t23-/m0/s1. The number of rotatable bonds is 8. The van der Waals surface area contributed by atoms with E-state index in [1.54, 1.807) is 18.4 Å². The number of anilines is 1. The van der Waals surface area contributed by atoms with Gasteiger partial charge in [0.2, 0.25) is 0 Å². The van der Waals surface area contributed by atoms with Gasteiger partial charge >= 0.3 is 0 Å². The molecular weight excluding hydrogens is 438 g/mol. The number of furan rings is 1. The van der Waals surface area contributed by atoms with E-state index < -0.39 is 10.0 Å². The first-order valence-corrected chi connectivity index (χ1v) is 12.7. The normalized spacial score (nSPS) is 15.7.